The minimum Gasteiger partial charge on any atom is -0.481 e. The molecule has 2 aliphatic rings. The van der Waals surface area contributed by atoms with Crippen molar-refractivity contribution in [3.05, 3.63) is 86.9 Å². The van der Waals surface area contributed by atoms with E-state index in [1.54, 1.807) is 4.90 Å². The van der Waals surface area contributed by atoms with Gasteiger partial charge in [-0.15, -0.1) is 11.3 Å². The summed E-state index contributed by atoms with van der Waals surface area (Å²) in [5, 5.41) is 29.2. The lowest BCUT2D eigenvalue weighted by molar-refractivity contribution is -0.143. The van der Waals surface area contributed by atoms with Crippen LogP contribution >= 0.6 is 11.3 Å². The number of likely N-dealkylation sites (N-methyl/N-ethyl adjacent to an activating group) is 1. The molecule has 1 fully saturated rings. The van der Waals surface area contributed by atoms with Crippen LogP contribution in [0.25, 0.3) is 0 Å². The van der Waals surface area contributed by atoms with Crippen molar-refractivity contribution in [2.75, 3.05) is 13.6 Å². The average Bonchev–Trinajstić information content (AvgIpc) is 3.68. The smallest absolute Gasteiger partial charge is 0.416 e. The Hall–Kier alpha value is -4.34. The lowest BCUT2D eigenvalue weighted by Gasteiger charge is -2.40. The molecule has 0 saturated carbocycles. The van der Waals surface area contributed by atoms with Crippen molar-refractivity contribution in [3.8, 4) is 0 Å². The molecule has 1 aliphatic carbocycles. The molecule has 0 bridgehead atoms. The Morgan fingerprint density at radius 1 is 1.07 bits per heavy atom. The minimum atomic E-state index is -4.62. The standard InChI is InChI=1S/C42H54F3N5O6S/c1-6-25(4)36(48-38(53)33-14-10-11-17-49(33)5)40(54)50(22-26-12-8-7-9-13-26)34(24(2)3)21-35(51)39-47-32(23-57-39)37(52)46-29-18-27-15-16-28(42(43,44)45)19-30(27)31(20-29)41(55)56/h7-9,12-13,15-16,19,23-25,29,31,33-36,51H,6,10-11,14,17-18,20-22H2,1-5H3,(H,46,52)(H,48,53)(H,55,56)/t25?,29-,31+,33?,34+,35+,36?/m0/s1. The van der Waals surface area contributed by atoms with Gasteiger partial charge in [0, 0.05) is 30.4 Å². The molecule has 310 valence electrons. The van der Waals surface area contributed by atoms with Crippen LogP contribution in [0.1, 0.15) is 116 Å². The van der Waals surface area contributed by atoms with Crippen LogP contribution in [0.2, 0.25) is 0 Å². The van der Waals surface area contributed by atoms with Gasteiger partial charge in [-0.25, -0.2) is 4.98 Å². The third-order valence-corrected chi connectivity index (χ3v) is 12.4. The zero-order valence-corrected chi connectivity index (χ0v) is 33.9. The Morgan fingerprint density at radius 3 is 2.42 bits per heavy atom. The molecule has 7 atom stereocenters. The summed E-state index contributed by atoms with van der Waals surface area (Å²) in [5.74, 6) is -3.85. The van der Waals surface area contributed by atoms with Crippen molar-refractivity contribution in [1.29, 1.82) is 0 Å². The Kier molecular flexibility index (Phi) is 14.5. The van der Waals surface area contributed by atoms with E-state index in [2.05, 4.69) is 15.6 Å². The fourth-order valence-electron chi connectivity index (χ4n) is 7.94. The molecule has 1 aromatic heterocycles. The predicted octanol–water partition coefficient (Wildman–Crippen LogP) is 6.57. The van der Waals surface area contributed by atoms with Crippen LogP contribution in [0.3, 0.4) is 0 Å². The Bertz CT molecular complexity index is 1870. The van der Waals surface area contributed by atoms with Crippen molar-refractivity contribution < 1.29 is 42.6 Å². The molecule has 5 rings (SSSR count). The van der Waals surface area contributed by atoms with Crippen LogP contribution in [0.15, 0.2) is 53.9 Å². The number of thiazole rings is 1. The molecule has 2 aromatic carbocycles. The summed E-state index contributed by atoms with van der Waals surface area (Å²) in [5.41, 5.74) is 0.449. The normalized spacial score (nSPS) is 20.8. The zero-order chi connectivity index (χ0) is 41.6. The number of fused-ring (bicyclic) bond motifs is 1. The number of carbonyl (C=O) groups excluding carboxylic acids is 3. The molecule has 2 heterocycles. The quantitative estimate of drug-likeness (QED) is 0.135. The van der Waals surface area contributed by atoms with Crippen LogP contribution in [-0.2, 0) is 33.5 Å². The highest BCUT2D eigenvalue weighted by Gasteiger charge is 2.39. The highest BCUT2D eigenvalue weighted by Crippen LogP contribution is 2.38. The molecular formula is C42H54F3N5O6S. The number of aliphatic carboxylic acids is 1. The van der Waals surface area contributed by atoms with E-state index in [9.17, 15) is 42.6 Å². The maximum Gasteiger partial charge on any atom is 0.416 e. The third-order valence-electron chi connectivity index (χ3n) is 11.5. The number of carboxylic acids is 1. The van der Waals surface area contributed by atoms with Gasteiger partial charge in [-0.05, 0) is 79.9 Å². The lowest BCUT2D eigenvalue weighted by atomic mass is 9.79. The number of piperidine rings is 1. The maximum atomic E-state index is 14.8. The van der Waals surface area contributed by atoms with E-state index in [0.29, 0.717) is 12.0 Å². The second-order valence-electron chi connectivity index (χ2n) is 15.9. The fourth-order valence-corrected chi connectivity index (χ4v) is 8.73. The number of hydrogen-bond acceptors (Lipinski definition) is 8. The minimum absolute atomic E-state index is 0.00434. The number of rotatable bonds is 15. The molecule has 0 spiro atoms. The third kappa shape index (κ3) is 10.8. The molecule has 1 aliphatic heterocycles. The number of nitrogens with zero attached hydrogens (tertiary/aromatic N) is 3. The number of aromatic nitrogens is 1. The van der Waals surface area contributed by atoms with Crippen molar-refractivity contribution >= 4 is 35.0 Å². The van der Waals surface area contributed by atoms with Gasteiger partial charge in [0.2, 0.25) is 11.8 Å². The zero-order valence-electron chi connectivity index (χ0n) is 33.1. The van der Waals surface area contributed by atoms with Crippen LogP contribution in [0.4, 0.5) is 13.2 Å². The first-order chi connectivity index (χ1) is 27.0. The number of halogens is 3. The van der Waals surface area contributed by atoms with E-state index in [-0.39, 0.29) is 71.8 Å². The first kappa shape index (κ1) is 43.8. The summed E-state index contributed by atoms with van der Waals surface area (Å²) in [7, 11) is 1.93. The number of carboxylic acid groups (broad SMARTS) is 1. The number of benzene rings is 2. The number of nitrogens with one attached hydrogen (secondary N) is 2. The predicted molar refractivity (Wildman–Crippen MR) is 210 cm³/mol. The van der Waals surface area contributed by atoms with Gasteiger partial charge in [0.1, 0.15) is 22.8 Å². The fraction of sp³-hybridized carbons (Fsp3) is 0.548. The van der Waals surface area contributed by atoms with E-state index in [1.807, 2.05) is 70.0 Å². The molecule has 4 N–H and O–H groups in total. The Balaban J connectivity index is 1.33. The summed E-state index contributed by atoms with van der Waals surface area (Å²) < 4.78 is 40.1. The van der Waals surface area contributed by atoms with Crippen LogP contribution in [-0.4, -0.2) is 86.4 Å². The maximum absolute atomic E-state index is 14.8. The second-order valence-corrected chi connectivity index (χ2v) is 16.8. The Labute approximate surface area is 336 Å². The van der Waals surface area contributed by atoms with E-state index in [4.69, 9.17) is 0 Å². The molecule has 3 unspecified atom stereocenters. The number of aliphatic hydroxyl groups is 1. The Morgan fingerprint density at radius 2 is 1.79 bits per heavy atom. The highest BCUT2D eigenvalue weighted by atomic mass is 32.1. The number of likely N-dealkylation sites (tertiary alicyclic amines) is 1. The van der Waals surface area contributed by atoms with Crippen LogP contribution in [0, 0.1) is 11.8 Å². The van der Waals surface area contributed by atoms with Crippen LogP contribution < -0.4 is 10.6 Å². The van der Waals surface area contributed by atoms with E-state index in [0.717, 1.165) is 54.8 Å². The number of aliphatic hydroxyl groups excluding tert-OH is 1. The summed E-state index contributed by atoms with van der Waals surface area (Å²) in [6.45, 7) is 8.92. The van der Waals surface area contributed by atoms with Gasteiger partial charge in [-0.3, -0.25) is 24.1 Å². The molecule has 57 heavy (non-hydrogen) atoms. The van der Waals surface area contributed by atoms with Gasteiger partial charge >= 0.3 is 12.1 Å². The summed E-state index contributed by atoms with van der Waals surface area (Å²) in [4.78, 5) is 62.2. The van der Waals surface area contributed by atoms with E-state index >= 15 is 0 Å². The van der Waals surface area contributed by atoms with E-state index in [1.165, 1.54) is 11.4 Å². The number of carbonyl (C=O) groups is 4. The second kappa shape index (κ2) is 18.9. The van der Waals surface area contributed by atoms with Crippen molar-refractivity contribution in [1.82, 2.24) is 25.4 Å². The molecule has 11 nitrogen and oxygen atoms in total. The van der Waals surface area contributed by atoms with Crippen molar-refractivity contribution in [2.24, 2.45) is 11.8 Å². The van der Waals surface area contributed by atoms with E-state index < -0.39 is 53.8 Å². The van der Waals surface area contributed by atoms with Gasteiger partial charge in [0.25, 0.3) is 5.91 Å². The van der Waals surface area contributed by atoms with Gasteiger partial charge < -0.3 is 25.7 Å². The van der Waals surface area contributed by atoms with Crippen LogP contribution in [0.5, 0.6) is 0 Å². The largest absolute Gasteiger partial charge is 0.481 e. The summed E-state index contributed by atoms with van der Waals surface area (Å²) in [6, 6.07) is 10.3. The van der Waals surface area contributed by atoms with Gasteiger partial charge in [0.05, 0.1) is 17.5 Å². The molecule has 3 amide bonds. The SMILES string of the molecule is CCC(C)C(NC(=O)C1CCCCN1C)C(=O)N(Cc1ccccc1)[C@H](C[C@@H](O)c1nc(C(=O)N[C@H]2Cc3ccc(C(F)(F)F)cc3[C@H](C(=O)O)C2)cs1)C(C)C. The van der Waals surface area contributed by atoms with Gasteiger partial charge in [-0.1, -0.05) is 76.9 Å². The molecule has 0 radical (unpaired) electrons. The molecule has 15 heteroatoms. The number of hydrogen-bond donors (Lipinski definition) is 4. The first-order valence-electron chi connectivity index (χ1n) is 19.7. The monoisotopic (exact) mass is 813 g/mol. The van der Waals surface area contributed by atoms with Gasteiger partial charge in [0.15, 0.2) is 0 Å². The van der Waals surface area contributed by atoms with Crippen molar-refractivity contribution in [2.45, 2.75) is 122 Å². The molecule has 3 aromatic rings. The highest BCUT2D eigenvalue weighted by molar-refractivity contribution is 7.09. The number of amides is 3. The average molecular weight is 814 g/mol. The summed E-state index contributed by atoms with van der Waals surface area (Å²) >= 11 is 1.08. The lowest BCUT2D eigenvalue weighted by Crippen LogP contribution is -2.58. The summed E-state index contributed by atoms with van der Waals surface area (Å²) in [6.07, 6.45) is -2.34. The van der Waals surface area contributed by atoms with Crippen molar-refractivity contribution in [3.63, 3.8) is 0 Å². The first-order valence-corrected chi connectivity index (χ1v) is 20.6. The topological polar surface area (TPSA) is 152 Å². The molecular weight excluding hydrogens is 760 g/mol. The number of alkyl halides is 3. The molecule has 1 saturated heterocycles. The van der Waals surface area contributed by atoms with Gasteiger partial charge in [-0.2, -0.15) is 13.2 Å².